The Morgan fingerprint density at radius 2 is 2.38 bits per heavy atom. The summed E-state index contributed by atoms with van der Waals surface area (Å²) in [6.45, 7) is 2.63. The van der Waals surface area contributed by atoms with Gasteiger partial charge in [-0.05, 0) is 18.6 Å². The Labute approximate surface area is 78.8 Å². The first-order valence-corrected chi connectivity index (χ1v) is 4.61. The van der Waals surface area contributed by atoms with E-state index in [-0.39, 0.29) is 5.91 Å². The van der Waals surface area contributed by atoms with E-state index in [1.807, 2.05) is 36.9 Å². The van der Waals surface area contributed by atoms with Gasteiger partial charge in [-0.2, -0.15) is 0 Å². The van der Waals surface area contributed by atoms with Crippen LogP contribution in [-0.4, -0.2) is 10.5 Å². The number of nitrogens with one attached hydrogen (secondary N) is 1. The molecule has 0 aliphatic carbocycles. The second-order valence-corrected chi connectivity index (χ2v) is 3.14. The molecule has 72 valence electrons. The maximum Gasteiger partial charge on any atom is 0.220 e. The fourth-order valence-corrected chi connectivity index (χ4v) is 1.18. The van der Waals surface area contributed by atoms with Gasteiger partial charge in [-0.1, -0.05) is 6.92 Å². The molecule has 0 radical (unpaired) electrons. The summed E-state index contributed by atoms with van der Waals surface area (Å²) in [5, 5.41) is 2.87. The summed E-state index contributed by atoms with van der Waals surface area (Å²) >= 11 is 0. The van der Waals surface area contributed by atoms with Crippen molar-refractivity contribution in [2.45, 2.75) is 26.3 Å². The predicted octanol–water partition coefficient (Wildman–Crippen LogP) is 1.44. The third-order valence-electron chi connectivity index (χ3n) is 2.00. The van der Waals surface area contributed by atoms with E-state index in [0.29, 0.717) is 13.0 Å². The highest BCUT2D eigenvalue weighted by molar-refractivity contribution is 5.75. The van der Waals surface area contributed by atoms with E-state index in [9.17, 15) is 4.79 Å². The van der Waals surface area contributed by atoms with Gasteiger partial charge in [0.1, 0.15) is 0 Å². The molecule has 0 fully saturated rings. The zero-order valence-electron chi connectivity index (χ0n) is 8.21. The van der Waals surface area contributed by atoms with Crippen molar-refractivity contribution in [1.82, 2.24) is 9.88 Å². The zero-order valence-corrected chi connectivity index (χ0v) is 8.21. The van der Waals surface area contributed by atoms with E-state index < -0.39 is 0 Å². The molecule has 3 heteroatoms. The lowest BCUT2D eigenvalue weighted by Crippen LogP contribution is -2.23. The highest BCUT2D eigenvalue weighted by atomic mass is 16.1. The van der Waals surface area contributed by atoms with Gasteiger partial charge in [-0.3, -0.25) is 4.79 Å². The standard InChI is InChI=1S/C10H16N2O/c1-3-5-10(13)11-8-9-6-4-7-12(9)2/h4,6-7H,3,5,8H2,1-2H3,(H,11,13). The van der Waals surface area contributed by atoms with E-state index in [1.54, 1.807) is 0 Å². The van der Waals surface area contributed by atoms with Gasteiger partial charge in [0.2, 0.25) is 5.91 Å². The van der Waals surface area contributed by atoms with Crippen LogP contribution < -0.4 is 5.32 Å². The maximum atomic E-state index is 11.1. The molecule has 1 heterocycles. The van der Waals surface area contributed by atoms with Gasteiger partial charge in [-0.25, -0.2) is 0 Å². The molecule has 0 spiro atoms. The third-order valence-corrected chi connectivity index (χ3v) is 2.00. The van der Waals surface area contributed by atoms with Crippen molar-refractivity contribution in [3.8, 4) is 0 Å². The maximum absolute atomic E-state index is 11.1. The quantitative estimate of drug-likeness (QED) is 0.747. The molecule has 0 atom stereocenters. The van der Waals surface area contributed by atoms with Gasteiger partial charge in [0, 0.05) is 25.4 Å². The molecule has 0 saturated heterocycles. The number of rotatable bonds is 4. The molecule has 0 saturated carbocycles. The third kappa shape index (κ3) is 2.93. The first-order valence-electron chi connectivity index (χ1n) is 4.61. The number of carbonyl (C=O) groups is 1. The van der Waals surface area contributed by atoms with Crippen LogP contribution in [0, 0.1) is 0 Å². The van der Waals surface area contributed by atoms with Crippen LogP contribution >= 0.6 is 0 Å². The molecule has 1 rings (SSSR count). The molecule has 1 aromatic heterocycles. The van der Waals surface area contributed by atoms with Gasteiger partial charge in [0.15, 0.2) is 0 Å². The summed E-state index contributed by atoms with van der Waals surface area (Å²) in [7, 11) is 1.97. The monoisotopic (exact) mass is 180 g/mol. The first-order chi connectivity index (χ1) is 6.24. The Balaban J connectivity index is 2.35. The SMILES string of the molecule is CCCC(=O)NCc1cccn1C. The lowest BCUT2D eigenvalue weighted by Gasteiger charge is -2.05. The molecule has 0 aliphatic rings. The molecule has 0 aromatic carbocycles. The molecule has 1 aromatic rings. The Kier molecular flexibility index (Phi) is 3.55. The van der Waals surface area contributed by atoms with Gasteiger partial charge in [0.05, 0.1) is 6.54 Å². The zero-order chi connectivity index (χ0) is 9.68. The van der Waals surface area contributed by atoms with Crippen molar-refractivity contribution in [2.24, 2.45) is 7.05 Å². The topological polar surface area (TPSA) is 34.0 Å². The normalized spacial score (nSPS) is 10.0. The fourth-order valence-electron chi connectivity index (χ4n) is 1.18. The molecular weight excluding hydrogens is 164 g/mol. The number of hydrogen-bond acceptors (Lipinski definition) is 1. The van der Waals surface area contributed by atoms with Gasteiger partial charge >= 0.3 is 0 Å². The summed E-state index contributed by atoms with van der Waals surface area (Å²) in [6, 6.07) is 3.98. The molecule has 3 nitrogen and oxygen atoms in total. The Morgan fingerprint density at radius 3 is 2.92 bits per heavy atom. The van der Waals surface area contributed by atoms with Crippen LogP contribution in [0.1, 0.15) is 25.5 Å². The van der Waals surface area contributed by atoms with E-state index >= 15 is 0 Å². The van der Waals surface area contributed by atoms with E-state index in [0.717, 1.165) is 12.1 Å². The van der Waals surface area contributed by atoms with Crippen LogP contribution in [0.5, 0.6) is 0 Å². The van der Waals surface area contributed by atoms with Crippen LogP contribution in [0.15, 0.2) is 18.3 Å². The lowest BCUT2D eigenvalue weighted by atomic mass is 10.3. The predicted molar refractivity (Wildman–Crippen MR) is 52.2 cm³/mol. The van der Waals surface area contributed by atoms with Crippen molar-refractivity contribution in [1.29, 1.82) is 0 Å². The van der Waals surface area contributed by atoms with E-state index in [4.69, 9.17) is 0 Å². The average molecular weight is 180 g/mol. The molecule has 0 aliphatic heterocycles. The minimum atomic E-state index is 0.128. The second kappa shape index (κ2) is 4.70. The molecule has 13 heavy (non-hydrogen) atoms. The smallest absolute Gasteiger partial charge is 0.220 e. The minimum Gasteiger partial charge on any atom is -0.353 e. The van der Waals surface area contributed by atoms with Gasteiger partial charge in [0.25, 0.3) is 0 Å². The summed E-state index contributed by atoms with van der Waals surface area (Å²) in [6.07, 6.45) is 3.49. The highest BCUT2D eigenvalue weighted by Crippen LogP contribution is 1.98. The number of hydrogen-bond donors (Lipinski definition) is 1. The Hall–Kier alpha value is -1.25. The summed E-state index contributed by atoms with van der Waals surface area (Å²) in [4.78, 5) is 11.1. The summed E-state index contributed by atoms with van der Waals surface area (Å²) < 4.78 is 2.01. The van der Waals surface area contributed by atoms with Crippen molar-refractivity contribution in [3.63, 3.8) is 0 Å². The van der Waals surface area contributed by atoms with Crippen molar-refractivity contribution >= 4 is 5.91 Å². The second-order valence-electron chi connectivity index (χ2n) is 3.14. The van der Waals surface area contributed by atoms with Crippen LogP contribution in [0.3, 0.4) is 0 Å². The Morgan fingerprint density at radius 1 is 1.62 bits per heavy atom. The lowest BCUT2D eigenvalue weighted by molar-refractivity contribution is -0.121. The van der Waals surface area contributed by atoms with Crippen LogP contribution in [0.2, 0.25) is 0 Å². The minimum absolute atomic E-state index is 0.128. The average Bonchev–Trinajstić information content (AvgIpc) is 2.48. The van der Waals surface area contributed by atoms with E-state index in [2.05, 4.69) is 5.32 Å². The number of aryl methyl sites for hydroxylation is 1. The molecule has 0 bridgehead atoms. The molecule has 1 amide bonds. The fraction of sp³-hybridized carbons (Fsp3) is 0.500. The van der Waals surface area contributed by atoms with Crippen molar-refractivity contribution in [2.75, 3.05) is 0 Å². The van der Waals surface area contributed by atoms with Crippen LogP contribution in [0.25, 0.3) is 0 Å². The molecular formula is C10H16N2O. The number of nitrogens with zero attached hydrogens (tertiary/aromatic N) is 1. The molecule has 0 unspecified atom stereocenters. The van der Waals surface area contributed by atoms with Crippen molar-refractivity contribution in [3.05, 3.63) is 24.0 Å². The van der Waals surface area contributed by atoms with Crippen molar-refractivity contribution < 1.29 is 4.79 Å². The van der Waals surface area contributed by atoms with Crippen LogP contribution in [0.4, 0.5) is 0 Å². The van der Waals surface area contributed by atoms with Gasteiger partial charge in [-0.15, -0.1) is 0 Å². The Bertz CT molecular complexity index is 278. The largest absolute Gasteiger partial charge is 0.353 e. The summed E-state index contributed by atoms with van der Waals surface area (Å²) in [5.41, 5.74) is 1.13. The number of aromatic nitrogens is 1. The first kappa shape index (κ1) is 9.84. The molecule has 1 N–H and O–H groups in total. The summed E-state index contributed by atoms with van der Waals surface area (Å²) in [5.74, 6) is 0.128. The number of amides is 1. The van der Waals surface area contributed by atoms with E-state index in [1.165, 1.54) is 0 Å². The number of carbonyl (C=O) groups excluding carboxylic acids is 1. The highest BCUT2D eigenvalue weighted by Gasteiger charge is 2.00. The van der Waals surface area contributed by atoms with Crippen LogP contribution in [-0.2, 0) is 18.4 Å². The van der Waals surface area contributed by atoms with Gasteiger partial charge < -0.3 is 9.88 Å².